The molecule has 1 aromatic carbocycles. The lowest BCUT2D eigenvalue weighted by atomic mass is 9.91. The summed E-state index contributed by atoms with van der Waals surface area (Å²) in [5.41, 5.74) is 2.62. The number of methoxy groups -OCH3 is 2. The molecule has 6 nitrogen and oxygen atoms in total. The first kappa shape index (κ1) is 18.7. The molecular weight excluding hydrogens is 332 g/mol. The number of carbonyl (C=O) groups is 1. The molecule has 0 radical (unpaired) electrons. The highest BCUT2D eigenvalue weighted by molar-refractivity contribution is 6.32. The van der Waals surface area contributed by atoms with Gasteiger partial charge in [0.15, 0.2) is 11.5 Å². The molecule has 1 aromatic rings. The zero-order chi connectivity index (χ0) is 17.9. The van der Waals surface area contributed by atoms with Crippen LogP contribution in [0.3, 0.4) is 0 Å². The minimum atomic E-state index is -0.961. The summed E-state index contributed by atoms with van der Waals surface area (Å²) in [6.07, 6.45) is -0.961. The van der Waals surface area contributed by atoms with Crippen molar-refractivity contribution in [3.05, 3.63) is 22.2 Å². The first-order valence-electron chi connectivity index (χ1n) is 8.07. The maximum absolute atomic E-state index is 9.49. The molecule has 1 aliphatic carbocycles. The number of amides is 1. The van der Waals surface area contributed by atoms with Crippen molar-refractivity contribution in [2.75, 3.05) is 33.9 Å². The van der Waals surface area contributed by atoms with E-state index in [9.17, 15) is 4.79 Å². The third kappa shape index (κ3) is 3.39. The van der Waals surface area contributed by atoms with Crippen LogP contribution < -0.4 is 20.1 Å². The lowest BCUT2D eigenvalue weighted by Gasteiger charge is -2.17. The molecule has 3 atom stereocenters. The van der Waals surface area contributed by atoms with Gasteiger partial charge in [0.05, 0.1) is 19.2 Å². The fraction of sp³-hybridized carbons (Fsp3) is 0.588. The fourth-order valence-corrected chi connectivity index (χ4v) is 4.00. The Kier molecular flexibility index (Phi) is 6.18. The second-order valence-corrected chi connectivity index (χ2v) is 6.39. The monoisotopic (exact) mass is 356 g/mol. The van der Waals surface area contributed by atoms with Gasteiger partial charge in [0, 0.05) is 24.6 Å². The Labute approximate surface area is 147 Å². The molecule has 3 unspecified atom stereocenters. The van der Waals surface area contributed by atoms with Crippen LogP contribution in [0, 0.1) is 5.92 Å². The number of hydrogen-bond acceptors (Lipinski definition) is 4. The van der Waals surface area contributed by atoms with Crippen molar-refractivity contribution in [2.45, 2.75) is 25.7 Å². The molecule has 2 aliphatic rings. The molecule has 24 heavy (non-hydrogen) atoms. The number of hydrogen-bond donors (Lipinski definition) is 3. The van der Waals surface area contributed by atoms with Crippen LogP contribution in [0.4, 0.5) is 4.79 Å². The minimum absolute atomic E-state index is 0.481. The number of rotatable bonds is 3. The summed E-state index contributed by atoms with van der Waals surface area (Å²) in [5.74, 6) is 3.19. The van der Waals surface area contributed by atoms with Gasteiger partial charge in [0.2, 0.25) is 0 Å². The Morgan fingerprint density at radius 2 is 2.04 bits per heavy atom. The molecule has 1 saturated heterocycles. The normalized spacial score (nSPS) is 23.6. The Balaban J connectivity index is 0.000000301. The van der Waals surface area contributed by atoms with Crippen LogP contribution in [0.5, 0.6) is 11.5 Å². The maximum atomic E-state index is 9.49. The summed E-state index contributed by atoms with van der Waals surface area (Å²) in [7, 11) is 3.33. The van der Waals surface area contributed by atoms with Gasteiger partial charge in [0.1, 0.15) is 0 Å². The summed E-state index contributed by atoms with van der Waals surface area (Å²) < 4.78 is 11.0. The molecule has 0 bridgehead atoms. The molecule has 134 valence electrons. The summed E-state index contributed by atoms with van der Waals surface area (Å²) in [4.78, 5) is 9.49. The molecule has 1 fully saturated rings. The van der Waals surface area contributed by atoms with E-state index >= 15 is 0 Å². The van der Waals surface area contributed by atoms with Gasteiger partial charge in [-0.3, -0.25) is 0 Å². The van der Waals surface area contributed by atoms with Crippen LogP contribution >= 0.6 is 11.6 Å². The number of benzene rings is 1. The van der Waals surface area contributed by atoms with Gasteiger partial charge in [-0.05, 0) is 36.9 Å². The lowest BCUT2D eigenvalue weighted by molar-refractivity contribution is 0.195. The summed E-state index contributed by atoms with van der Waals surface area (Å²) in [6.45, 7) is 6.58. The third-order valence-corrected chi connectivity index (χ3v) is 5.04. The predicted molar refractivity (Wildman–Crippen MR) is 93.8 cm³/mol. The Bertz CT molecular complexity index is 609. The molecule has 1 amide bonds. The highest BCUT2D eigenvalue weighted by Gasteiger charge is 2.44. The van der Waals surface area contributed by atoms with Crippen LogP contribution in [0.1, 0.15) is 36.8 Å². The van der Waals surface area contributed by atoms with E-state index in [1.54, 1.807) is 21.1 Å². The minimum Gasteiger partial charge on any atom is -0.492 e. The molecule has 3 rings (SSSR count). The summed E-state index contributed by atoms with van der Waals surface area (Å²) in [6, 6.07) is 2.06. The number of halogens is 1. The van der Waals surface area contributed by atoms with Crippen LogP contribution in [0.25, 0.3) is 0 Å². The van der Waals surface area contributed by atoms with E-state index in [1.165, 1.54) is 11.1 Å². The molecule has 0 aromatic heterocycles. The number of carboxylic acid groups (broad SMARTS) is 1. The van der Waals surface area contributed by atoms with Crippen molar-refractivity contribution < 1.29 is 19.4 Å². The van der Waals surface area contributed by atoms with Crippen LogP contribution in [-0.4, -0.2) is 45.1 Å². The third-order valence-electron chi connectivity index (χ3n) is 4.76. The van der Waals surface area contributed by atoms with Gasteiger partial charge in [-0.25, -0.2) is 4.79 Å². The predicted octanol–water partition coefficient (Wildman–Crippen LogP) is 3.05. The SMILES string of the molecule is CCNC(=O)O.COc1c(Cl)cc2c(c1OC)C1CNCC1C2C. The van der Waals surface area contributed by atoms with E-state index in [2.05, 4.69) is 23.6 Å². The lowest BCUT2D eigenvalue weighted by Crippen LogP contribution is -2.19. The van der Waals surface area contributed by atoms with Crippen LogP contribution in [0.2, 0.25) is 5.02 Å². The standard InChI is InChI=1S/C14H18ClNO2.C3H7NO2/c1-7-8-4-11(15)13(17-2)14(18-3)12(8)10-6-16-5-9(7)10;1-2-4-3(5)6/h4,7,9-10,16H,5-6H2,1-3H3;4H,2H2,1H3,(H,5,6). The topological polar surface area (TPSA) is 79.8 Å². The van der Waals surface area contributed by atoms with E-state index in [4.69, 9.17) is 26.2 Å². The van der Waals surface area contributed by atoms with Gasteiger partial charge in [-0.2, -0.15) is 0 Å². The smallest absolute Gasteiger partial charge is 0.404 e. The molecule has 0 saturated carbocycles. The first-order valence-corrected chi connectivity index (χ1v) is 8.45. The van der Waals surface area contributed by atoms with Crippen molar-refractivity contribution >= 4 is 17.7 Å². The zero-order valence-corrected chi connectivity index (χ0v) is 15.2. The van der Waals surface area contributed by atoms with Crippen molar-refractivity contribution in [1.29, 1.82) is 0 Å². The number of ether oxygens (including phenoxy) is 2. The summed E-state index contributed by atoms with van der Waals surface area (Å²) in [5, 5.41) is 14.0. The molecule has 0 spiro atoms. The molecule has 7 heteroatoms. The van der Waals surface area contributed by atoms with Gasteiger partial charge in [-0.1, -0.05) is 18.5 Å². The molecule has 3 N–H and O–H groups in total. The van der Waals surface area contributed by atoms with Gasteiger partial charge < -0.3 is 25.2 Å². The summed E-state index contributed by atoms with van der Waals surface area (Å²) >= 11 is 6.29. The number of fused-ring (bicyclic) bond motifs is 3. The van der Waals surface area contributed by atoms with Crippen molar-refractivity contribution in [1.82, 2.24) is 10.6 Å². The van der Waals surface area contributed by atoms with Crippen LogP contribution in [-0.2, 0) is 0 Å². The molecular formula is C17H25ClN2O4. The van der Waals surface area contributed by atoms with E-state index in [1.807, 2.05) is 0 Å². The quantitative estimate of drug-likeness (QED) is 0.775. The van der Waals surface area contributed by atoms with E-state index in [-0.39, 0.29) is 0 Å². The zero-order valence-electron chi connectivity index (χ0n) is 14.5. The van der Waals surface area contributed by atoms with Crippen molar-refractivity contribution in [3.8, 4) is 11.5 Å². The number of nitrogens with one attached hydrogen (secondary N) is 2. The first-order chi connectivity index (χ1) is 11.5. The van der Waals surface area contributed by atoms with E-state index in [0.717, 1.165) is 18.8 Å². The highest BCUT2D eigenvalue weighted by Crippen LogP contribution is 2.55. The van der Waals surface area contributed by atoms with Gasteiger partial charge in [0.25, 0.3) is 0 Å². The van der Waals surface area contributed by atoms with Crippen molar-refractivity contribution in [2.24, 2.45) is 5.92 Å². The highest BCUT2D eigenvalue weighted by atomic mass is 35.5. The van der Waals surface area contributed by atoms with Crippen molar-refractivity contribution in [3.63, 3.8) is 0 Å². The molecule has 1 heterocycles. The van der Waals surface area contributed by atoms with Crippen LogP contribution in [0.15, 0.2) is 6.07 Å². The average Bonchev–Trinajstić information content (AvgIpc) is 3.10. The Morgan fingerprint density at radius 3 is 2.54 bits per heavy atom. The average molecular weight is 357 g/mol. The second kappa shape index (κ2) is 7.94. The Hall–Kier alpha value is -1.66. The second-order valence-electron chi connectivity index (χ2n) is 5.98. The van der Waals surface area contributed by atoms with Gasteiger partial charge >= 0.3 is 6.09 Å². The maximum Gasteiger partial charge on any atom is 0.404 e. The van der Waals surface area contributed by atoms with Gasteiger partial charge in [-0.15, -0.1) is 0 Å². The Morgan fingerprint density at radius 1 is 1.38 bits per heavy atom. The van der Waals surface area contributed by atoms with E-state index in [0.29, 0.717) is 35.1 Å². The molecule has 1 aliphatic heterocycles. The largest absolute Gasteiger partial charge is 0.492 e. The van der Waals surface area contributed by atoms with E-state index < -0.39 is 6.09 Å². The fourth-order valence-electron chi connectivity index (χ4n) is 3.72.